The second kappa shape index (κ2) is 4.56. The molecular formula is C9H11F3N2O2. The van der Waals surface area contributed by atoms with Crippen molar-refractivity contribution in [2.75, 3.05) is 7.11 Å². The van der Waals surface area contributed by atoms with E-state index >= 15 is 0 Å². The molecule has 0 radical (unpaired) electrons. The van der Waals surface area contributed by atoms with Gasteiger partial charge in [-0.3, -0.25) is 0 Å². The fourth-order valence-electron chi connectivity index (χ4n) is 1.14. The predicted molar refractivity (Wildman–Crippen MR) is 50.1 cm³/mol. The van der Waals surface area contributed by atoms with Gasteiger partial charge < -0.3 is 15.2 Å². The Kier molecular flexibility index (Phi) is 3.58. The number of ether oxygens (including phenoxy) is 2. The Hall–Kier alpha value is -1.50. The van der Waals surface area contributed by atoms with Crippen LogP contribution in [0.2, 0.25) is 0 Å². The average Bonchev–Trinajstić information content (AvgIpc) is 2.16. The zero-order valence-electron chi connectivity index (χ0n) is 8.76. The van der Waals surface area contributed by atoms with Crippen molar-refractivity contribution in [3.8, 4) is 11.6 Å². The van der Waals surface area contributed by atoms with E-state index in [2.05, 4.69) is 9.72 Å². The molecule has 0 aliphatic carbocycles. The number of halogens is 3. The Morgan fingerprint density at radius 3 is 2.50 bits per heavy atom. The fraction of sp³-hybridized carbons (Fsp3) is 0.444. The van der Waals surface area contributed by atoms with E-state index < -0.39 is 12.2 Å². The third-order valence-electron chi connectivity index (χ3n) is 1.90. The Labute approximate surface area is 90.2 Å². The van der Waals surface area contributed by atoms with Gasteiger partial charge in [0.25, 0.3) is 5.88 Å². The van der Waals surface area contributed by atoms with E-state index in [-0.39, 0.29) is 12.3 Å². The molecule has 0 bridgehead atoms. The largest absolute Gasteiger partial charge is 0.574 e. The van der Waals surface area contributed by atoms with E-state index in [1.807, 2.05) is 0 Å². The maximum absolute atomic E-state index is 12.0. The first-order valence-corrected chi connectivity index (χ1v) is 4.37. The van der Waals surface area contributed by atoms with E-state index in [0.29, 0.717) is 11.3 Å². The Balaban J connectivity index is 3.13. The Morgan fingerprint density at radius 2 is 2.06 bits per heavy atom. The minimum absolute atomic E-state index is 0.0941. The molecule has 7 heteroatoms. The number of nitrogens with two attached hydrogens (primary N) is 1. The van der Waals surface area contributed by atoms with Gasteiger partial charge in [0, 0.05) is 12.2 Å². The molecule has 1 heterocycles. The number of aryl methyl sites for hydroxylation is 1. The fourth-order valence-corrected chi connectivity index (χ4v) is 1.14. The third kappa shape index (κ3) is 2.99. The summed E-state index contributed by atoms with van der Waals surface area (Å²) in [7, 11) is 1.23. The summed E-state index contributed by atoms with van der Waals surface area (Å²) in [5.41, 5.74) is 6.37. The van der Waals surface area contributed by atoms with Crippen molar-refractivity contribution in [2.24, 2.45) is 5.73 Å². The summed E-state index contributed by atoms with van der Waals surface area (Å²) >= 11 is 0. The summed E-state index contributed by atoms with van der Waals surface area (Å²) in [6.45, 7) is 1.71. The first-order valence-electron chi connectivity index (χ1n) is 4.37. The van der Waals surface area contributed by atoms with Gasteiger partial charge in [-0.2, -0.15) is 0 Å². The summed E-state index contributed by atoms with van der Waals surface area (Å²) in [4.78, 5) is 3.65. The van der Waals surface area contributed by atoms with Gasteiger partial charge in [-0.1, -0.05) is 0 Å². The molecule has 0 aliphatic rings. The van der Waals surface area contributed by atoms with Crippen LogP contribution in [-0.4, -0.2) is 18.5 Å². The van der Waals surface area contributed by atoms with Crippen LogP contribution in [0.4, 0.5) is 13.2 Å². The number of alkyl halides is 3. The molecule has 0 atom stereocenters. The van der Waals surface area contributed by atoms with Crippen LogP contribution in [0.25, 0.3) is 0 Å². The zero-order valence-corrected chi connectivity index (χ0v) is 8.76. The first kappa shape index (κ1) is 12.6. The second-order valence-corrected chi connectivity index (χ2v) is 2.99. The highest BCUT2D eigenvalue weighted by molar-refractivity contribution is 5.39. The molecule has 0 aromatic carbocycles. The zero-order chi connectivity index (χ0) is 12.3. The predicted octanol–water partition coefficient (Wildman–Crippen LogP) is 1.76. The third-order valence-corrected chi connectivity index (χ3v) is 1.90. The van der Waals surface area contributed by atoms with E-state index in [1.165, 1.54) is 13.2 Å². The molecular weight excluding hydrogens is 225 g/mol. The molecule has 1 aromatic rings. The van der Waals surface area contributed by atoms with Crippen molar-refractivity contribution in [3.05, 3.63) is 17.3 Å². The maximum atomic E-state index is 12.0. The maximum Gasteiger partial charge on any atom is 0.574 e. The number of rotatable bonds is 3. The minimum atomic E-state index is -4.79. The van der Waals surface area contributed by atoms with Crippen LogP contribution in [0.5, 0.6) is 11.6 Å². The van der Waals surface area contributed by atoms with E-state index in [9.17, 15) is 13.2 Å². The molecule has 1 aromatic heterocycles. The summed E-state index contributed by atoms with van der Waals surface area (Å²) in [6.07, 6.45) is -4.79. The van der Waals surface area contributed by atoms with Crippen molar-refractivity contribution in [1.29, 1.82) is 0 Å². The quantitative estimate of drug-likeness (QED) is 0.868. The van der Waals surface area contributed by atoms with Gasteiger partial charge in [-0.25, -0.2) is 4.98 Å². The topological polar surface area (TPSA) is 57.4 Å². The molecule has 0 spiro atoms. The summed E-state index contributed by atoms with van der Waals surface area (Å²) in [6, 6.07) is 1.38. The molecule has 0 fully saturated rings. The van der Waals surface area contributed by atoms with Gasteiger partial charge in [0.15, 0.2) is 5.75 Å². The van der Waals surface area contributed by atoms with Gasteiger partial charge in [0.1, 0.15) is 0 Å². The highest BCUT2D eigenvalue weighted by Crippen LogP contribution is 2.31. The number of hydrogen-bond acceptors (Lipinski definition) is 4. The van der Waals surface area contributed by atoms with Gasteiger partial charge in [-0.15, -0.1) is 13.2 Å². The Bertz CT molecular complexity index is 380. The molecule has 1 rings (SSSR count). The van der Waals surface area contributed by atoms with Crippen LogP contribution in [0, 0.1) is 6.92 Å². The van der Waals surface area contributed by atoms with E-state index in [0.717, 1.165) is 0 Å². The number of methoxy groups -OCH3 is 1. The van der Waals surface area contributed by atoms with Crippen LogP contribution in [0.3, 0.4) is 0 Å². The number of aromatic nitrogens is 1. The number of hydrogen-bond donors (Lipinski definition) is 1. The highest BCUT2D eigenvalue weighted by Gasteiger charge is 2.33. The number of nitrogens with zero attached hydrogens (tertiary/aromatic N) is 1. The SMILES string of the molecule is COc1cc(CN)c(C)nc1OC(F)(F)F. The second-order valence-electron chi connectivity index (χ2n) is 2.99. The van der Waals surface area contributed by atoms with Crippen LogP contribution in [0.15, 0.2) is 6.07 Å². The van der Waals surface area contributed by atoms with Crippen molar-refractivity contribution in [3.63, 3.8) is 0 Å². The van der Waals surface area contributed by atoms with Crippen LogP contribution in [0.1, 0.15) is 11.3 Å². The van der Waals surface area contributed by atoms with Crippen LogP contribution < -0.4 is 15.2 Å². The molecule has 0 aliphatic heterocycles. The van der Waals surface area contributed by atoms with Gasteiger partial charge in [-0.05, 0) is 18.6 Å². The molecule has 4 nitrogen and oxygen atoms in total. The molecule has 2 N–H and O–H groups in total. The standard InChI is InChI=1S/C9H11F3N2O2/c1-5-6(4-13)3-7(15-2)8(14-5)16-9(10,11)12/h3H,4,13H2,1-2H3. The smallest absolute Gasteiger partial charge is 0.491 e. The summed E-state index contributed by atoms with van der Waals surface area (Å²) in [5, 5.41) is 0. The molecule has 0 saturated carbocycles. The average molecular weight is 236 g/mol. The molecule has 90 valence electrons. The van der Waals surface area contributed by atoms with Crippen molar-refractivity contribution in [1.82, 2.24) is 4.98 Å². The minimum Gasteiger partial charge on any atom is -0.491 e. The van der Waals surface area contributed by atoms with Crippen molar-refractivity contribution < 1.29 is 22.6 Å². The molecule has 0 unspecified atom stereocenters. The lowest BCUT2D eigenvalue weighted by molar-refractivity contribution is -0.276. The van der Waals surface area contributed by atoms with Gasteiger partial charge in [0.2, 0.25) is 0 Å². The highest BCUT2D eigenvalue weighted by atomic mass is 19.4. The monoisotopic (exact) mass is 236 g/mol. The molecule has 0 saturated heterocycles. The number of pyridine rings is 1. The van der Waals surface area contributed by atoms with Crippen LogP contribution >= 0.6 is 0 Å². The van der Waals surface area contributed by atoms with Gasteiger partial charge >= 0.3 is 6.36 Å². The van der Waals surface area contributed by atoms with E-state index in [1.54, 1.807) is 6.92 Å². The van der Waals surface area contributed by atoms with Crippen molar-refractivity contribution in [2.45, 2.75) is 19.8 Å². The molecule has 0 amide bonds. The van der Waals surface area contributed by atoms with Crippen molar-refractivity contribution >= 4 is 0 Å². The lowest BCUT2D eigenvalue weighted by atomic mass is 10.2. The summed E-state index contributed by atoms with van der Waals surface area (Å²) < 4.78 is 44.6. The normalized spacial score (nSPS) is 11.4. The van der Waals surface area contributed by atoms with Crippen LogP contribution in [-0.2, 0) is 6.54 Å². The summed E-state index contributed by atoms with van der Waals surface area (Å²) in [5.74, 6) is -0.701. The van der Waals surface area contributed by atoms with Gasteiger partial charge in [0.05, 0.1) is 7.11 Å². The molecule has 16 heavy (non-hydrogen) atoms. The van der Waals surface area contributed by atoms with E-state index in [4.69, 9.17) is 10.5 Å². The lowest BCUT2D eigenvalue weighted by Gasteiger charge is -2.13. The lowest BCUT2D eigenvalue weighted by Crippen LogP contribution is -2.19. The first-order chi connectivity index (χ1) is 7.37. The Morgan fingerprint density at radius 1 is 1.44 bits per heavy atom.